The molecule has 1 unspecified atom stereocenters. The van der Waals surface area contributed by atoms with E-state index in [1.807, 2.05) is 17.4 Å². The van der Waals surface area contributed by atoms with Gasteiger partial charge in [-0.15, -0.1) is 17.9 Å². The van der Waals surface area contributed by atoms with E-state index in [0.717, 1.165) is 18.9 Å². The highest BCUT2D eigenvalue weighted by Crippen LogP contribution is 2.34. The van der Waals surface area contributed by atoms with Crippen molar-refractivity contribution in [2.45, 2.75) is 38.3 Å². The first kappa shape index (κ1) is 12.3. The topological polar surface area (TPSA) is 12.0 Å². The van der Waals surface area contributed by atoms with Crippen LogP contribution in [0.25, 0.3) is 0 Å². The number of hydrogen-bond donors (Lipinski definition) is 1. The molecule has 0 aliphatic heterocycles. The molecule has 1 nitrogen and oxygen atoms in total. The van der Waals surface area contributed by atoms with Crippen molar-refractivity contribution in [2.24, 2.45) is 5.92 Å². The summed E-state index contributed by atoms with van der Waals surface area (Å²) in [5.74, 6) is 0.920. The predicted octanol–water partition coefficient (Wildman–Crippen LogP) is 4.35. The van der Waals surface area contributed by atoms with E-state index in [0.29, 0.717) is 6.04 Å². The minimum absolute atomic E-state index is 0.693. The maximum atomic E-state index is 3.80. The smallest absolute Gasteiger partial charge is 0.0302 e. The molecule has 1 atom stereocenters. The van der Waals surface area contributed by atoms with Crippen molar-refractivity contribution in [3.05, 3.63) is 33.5 Å². The Hall–Kier alpha value is -0.120. The summed E-state index contributed by atoms with van der Waals surface area (Å²) in [6, 6.07) is 2.90. The van der Waals surface area contributed by atoms with Crippen LogP contribution in [0.4, 0.5) is 0 Å². The molecule has 3 heteroatoms. The maximum Gasteiger partial charge on any atom is 0.0302 e. The van der Waals surface area contributed by atoms with E-state index >= 15 is 0 Å². The molecular weight excluding hydrogens is 282 g/mol. The molecule has 88 valence electrons. The van der Waals surface area contributed by atoms with Crippen LogP contribution in [0.5, 0.6) is 0 Å². The Morgan fingerprint density at radius 1 is 1.62 bits per heavy atom. The van der Waals surface area contributed by atoms with Gasteiger partial charge in [0, 0.05) is 27.3 Å². The van der Waals surface area contributed by atoms with Gasteiger partial charge in [-0.05, 0) is 53.6 Å². The molecule has 16 heavy (non-hydrogen) atoms. The van der Waals surface area contributed by atoms with Crippen LogP contribution in [0.15, 0.2) is 28.6 Å². The zero-order chi connectivity index (χ0) is 11.4. The number of rotatable bonds is 7. The standard InChI is InChI=1S/C13H18BrNS/c1-2-3-4-13(10-5-6-10)15-8-12-7-11(14)9-16-12/h2,7,9-10,13,15H,1,3-6,8H2. The lowest BCUT2D eigenvalue weighted by Gasteiger charge is -2.16. The molecule has 1 N–H and O–H groups in total. The molecule has 1 aromatic rings. The van der Waals surface area contributed by atoms with Gasteiger partial charge in [0.05, 0.1) is 0 Å². The average Bonchev–Trinajstić information content (AvgIpc) is 3.03. The van der Waals surface area contributed by atoms with Crippen LogP contribution in [0.1, 0.15) is 30.6 Å². The lowest BCUT2D eigenvalue weighted by atomic mass is 10.1. The van der Waals surface area contributed by atoms with Gasteiger partial charge in [0.2, 0.25) is 0 Å². The van der Waals surface area contributed by atoms with Crippen LogP contribution in [-0.4, -0.2) is 6.04 Å². The van der Waals surface area contributed by atoms with E-state index in [-0.39, 0.29) is 0 Å². The SMILES string of the molecule is C=CCCC(NCc1cc(Br)cs1)C1CC1. The Labute approximate surface area is 110 Å². The lowest BCUT2D eigenvalue weighted by molar-refractivity contribution is 0.438. The zero-order valence-electron chi connectivity index (χ0n) is 9.42. The van der Waals surface area contributed by atoms with E-state index in [2.05, 4.69) is 39.3 Å². The molecular formula is C13H18BrNS. The molecule has 0 bridgehead atoms. The molecule has 1 fully saturated rings. The second kappa shape index (κ2) is 5.99. The van der Waals surface area contributed by atoms with Crippen molar-refractivity contribution < 1.29 is 0 Å². The minimum atomic E-state index is 0.693. The third kappa shape index (κ3) is 3.72. The number of allylic oxidation sites excluding steroid dienone is 1. The van der Waals surface area contributed by atoms with Crippen molar-refractivity contribution in [1.82, 2.24) is 5.32 Å². The Bertz CT molecular complexity index is 343. The lowest BCUT2D eigenvalue weighted by Crippen LogP contribution is -2.30. The summed E-state index contributed by atoms with van der Waals surface area (Å²) in [6.07, 6.45) is 7.20. The minimum Gasteiger partial charge on any atom is -0.309 e. The van der Waals surface area contributed by atoms with Crippen LogP contribution in [0.2, 0.25) is 0 Å². The third-order valence-electron chi connectivity index (χ3n) is 3.03. The second-order valence-corrected chi connectivity index (χ2v) is 6.33. The Morgan fingerprint density at radius 3 is 3.00 bits per heavy atom. The van der Waals surface area contributed by atoms with Crippen LogP contribution in [0, 0.1) is 5.92 Å². The van der Waals surface area contributed by atoms with E-state index in [1.54, 1.807) is 0 Å². The number of nitrogens with one attached hydrogen (secondary N) is 1. The molecule has 0 aromatic carbocycles. The number of halogens is 1. The molecule has 0 saturated heterocycles. The zero-order valence-corrected chi connectivity index (χ0v) is 11.8. The van der Waals surface area contributed by atoms with E-state index in [1.165, 1.54) is 28.6 Å². The van der Waals surface area contributed by atoms with Crippen LogP contribution >= 0.6 is 27.3 Å². The largest absolute Gasteiger partial charge is 0.309 e. The number of hydrogen-bond acceptors (Lipinski definition) is 2. The monoisotopic (exact) mass is 299 g/mol. The van der Waals surface area contributed by atoms with Crippen LogP contribution in [-0.2, 0) is 6.54 Å². The highest BCUT2D eigenvalue weighted by molar-refractivity contribution is 9.10. The molecule has 0 spiro atoms. The summed E-state index contributed by atoms with van der Waals surface area (Å²) in [5.41, 5.74) is 0. The van der Waals surface area contributed by atoms with Crippen molar-refractivity contribution >= 4 is 27.3 Å². The molecule has 1 saturated carbocycles. The maximum absolute atomic E-state index is 3.80. The number of thiophene rings is 1. The van der Waals surface area contributed by atoms with Gasteiger partial charge in [0.15, 0.2) is 0 Å². The molecule has 0 radical (unpaired) electrons. The molecule has 1 aliphatic rings. The first-order chi connectivity index (χ1) is 7.79. The highest BCUT2D eigenvalue weighted by Gasteiger charge is 2.30. The fourth-order valence-electron chi connectivity index (χ4n) is 1.98. The van der Waals surface area contributed by atoms with Gasteiger partial charge in [-0.25, -0.2) is 0 Å². The van der Waals surface area contributed by atoms with Gasteiger partial charge in [0.25, 0.3) is 0 Å². The van der Waals surface area contributed by atoms with Gasteiger partial charge in [-0.2, -0.15) is 0 Å². The Kier molecular flexibility index (Phi) is 4.62. The summed E-state index contributed by atoms with van der Waals surface area (Å²) in [7, 11) is 0. The Morgan fingerprint density at radius 2 is 2.44 bits per heavy atom. The van der Waals surface area contributed by atoms with Crippen molar-refractivity contribution in [1.29, 1.82) is 0 Å². The van der Waals surface area contributed by atoms with Crippen molar-refractivity contribution in [2.75, 3.05) is 0 Å². The summed E-state index contributed by atoms with van der Waals surface area (Å²) in [6.45, 7) is 4.81. The molecule has 1 aromatic heterocycles. The summed E-state index contributed by atoms with van der Waals surface area (Å²) >= 11 is 5.31. The molecule has 2 rings (SSSR count). The second-order valence-electron chi connectivity index (χ2n) is 4.42. The van der Waals surface area contributed by atoms with E-state index < -0.39 is 0 Å². The molecule has 1 aliphatic carbocycles. The summed E-state index contributed by atoms with van der Waals surface area (Å²) < 4.78 is 1.20. The van der Waals surface area contributed by atoms with Gasteiger partial charge in [-0.1, -0.05) is 6.08 Å². The predicted molar refractivity (Wildman–Crippen MR) is 74.8 cm³/mol. The van der Waals surface area contributed by atoms with Gasteiger partial charge in [0.1, 0.15) is 0 Å². The quantitative estimate of drug-likeness (QED) is 0.738. The van der Waals surface area contributed by atoms with E-state index in [4.69, 9.17) is 0 Å². The van der Waals surface area contributed by atoms with E-state index in [9.17, 15) is 0 Å². The summed E-state index contributed by atoms with van der Waals surface area (Å²) in [5, 5.41) is 5.83. The normalized spacial score (nSPS) is 17.3. The fraction of sp³-hybridized carbons (Fsp3) is 0.538. The average molecular weight is 300 g/mol. The van der Waals surface area contributed by atoms with Crippen LogP contribution < -0.4 is 5.32 Å². The first-order valence-corrected chi connectivity index (χ1v) is 7.54. The Balaban J connectivity index is 1.79. The third-order valence-corrected chi connectivity index (χ3v) is 4.73. The first-order valence-electron chi connectivity index (χ1n) is 5.87. The molecule has 0 amide bonds. The van der Waals surface area contributed by atoms with Crippen molar-refractivity contribution in [3.63, 3.8) is 0 Å². The van der Waals surface area contributed by atoms with Gasteiger partial charge >= 0.3 is 0 Å². The van der Waals surface area contributed by atoms with Crippen LogP contribution in [0.3, 0.4) is 0 Å². The fourth-order valence-corrected chi connectivity index (χ4v) is 3.38. The summed E-state index contributed by atoms with van der Waals surface area (Å²) in [4.78, 5) is 1.41. The van der Waals surface area contributed by atoms with Crippen molar-refractivity contribution in [3.8, 4) is 0 Å². The van der Waals surface area contributed by atoms with Gasteiger partial charge < -0.3 is 5.32 Å². The molecule has 1 heterocycles. The van der Waals surface area contributed by atoms with Gasteiger partial charge in [-0.3, -0.25) is 0 Å². The highest BCUT2D eigenvalue weighted by atomic mass is 79.9.